The molecule has 0 saturated heterocycles. The Balaban J connectivity index is 2.67. The molecule has 17 heavy (non-hydrogen) atoms. The van der Waals surface area contributed by atoms with Gasteiger partial charge in [0.05, 0.1) is 11.7 Å². The van der Waals surface area contributed by atoms with E-state index in [1.807, 2.05) is 20.8 Å². The molecule has 0 fully saturated rings. The second-order valence-electron chi connectivity index (χ2n) is 4.31. The van der Waals surface area contributed by atoms with Crippen molar-refractivity contribution in [1.82, 2.24) is 0 Å². The lowest BCUT2D eigenvalue weighted by Crippen LogP contribution is -2.21. The van der Waals surface area contributed by atoms with Gasteiger partial charge in [-0.15, -0.1) is 0 Å². The van der Waals surface area contributed by atoms with Crippen LogP contribution in [0, 0.1) is 17.6 Å². The van der Waals surface area contributed by atoms with E-state index in [2.05, 4.69) is 0 Å². The molecule has 0 spiro atoms. The van der Waals surface area contributed by atoms with Crippen molar-refractivity contribution >= 4 is 5.78 Å². The molecule has 1 atom stereocenters. The first-order chi connectivity index (χ1) is 7.91. The molecule has 1 rings (SSSR count). The van der Waals surface area contributed by atoms with Crippen LogP contribution in [0.5, 0.6) is 0 Å². The Bertz CT molecular complexity index is 402. The number of carbonyl (C=O) groups is 1. The van der Waals surface area contributed by atoms with Gasteiger partial charge in [-0.3, -0.25) is 4.79 Å². The van der Waals surface area contributed by atoms with Crippen LogP contribution in [-0.2, 0) is 4.74 Å². The van der Waals surface area contributed by atoms with E-state index in [9.17, 15) is 13.6 Å². The highest BCUT2D eigenvalue weighted by atomic mass is 19.1. The summed E-state index contributed by atoms with van der Waals surface area (Å²) in [5.41, 5.74) is -0.263. The minimum absolute atomic E-state index is 0.101. The Morgan fingerprint density at radius 1 is 1.29 bits per heavy atom. The highest BCUT2D eigenvalue weighted by Crippen LogP contribution is 2.12. The maximum absolute atomic E-state index is 13.3. The van der Waals surface area contributed by atoms with E-state index in [0.29, 0.717) is 0 Å². The van der Waals surface area contributed by atoms with Crippen molar-refractivity contribution in [2.24, 2.45) is 5.92 Å². The molecule has 0 heterocycles. The van der Waals surface area contributed by atoms with Crippen LogP contribution in [0.15, 0.2) is 18.2 Å². The Kier molecular flexibility index (Phi) is 4.75. The topological polar surface area (TPSA) is 26.3 Å². The summed E-state index contributed by atoms with van der Waals surface area (Å²) < 4.78 is 31.4. The Labute approximate surface area is 99.6 Å². The standard InChI is InChI=1S/C13H16F2O2/c1-8(2)9(3)17-7-13(16)11-6-10(14)4-5-12(11)15/h4-6,8-9H,7H2,1-3H3. The zero-order chi connectivity index (χ0) is 13.0. The van der Waals surface area contributed by atoms with E-state index in [-0.39, 0.29) is 24.2 Å². The SMILES string of the molecule is CC(C)C(C)OCC(=O)c1cc(F)ccc1F. The quantitative estimate of drug-likeness (QED) is 0.741. The summed E-state index contributed by atoms with van der Waals surface area (Å²) in [4.78, 5) is 11.6. The minimum atomic E-state index is -0.725. The molecule has 0 saturated carbocycles. The first-order valence-corrected chi connectivity index (χ1v) is 5.51. The zero-order valence-corrected chi connectivity index (χ0v) is 10.2. The van der Waals surface area contributed by atoms with Gasteiger partial charge in [-0.1, -0.05) is 13.8 Å². The van der Waals surface area contributed by atoms with E-state index in [1.165, 1.54) is 0 Å². The fourth-order valence-electron chi connectivity index (χ4n) is 1.19. The molecule has 4 heteroatoms. The summed E-state index contributed by atoms with van der Waals surface area (Å²) in [5.74, 6) is -1.64. The van der Waals surface area contributed by atoms with Crippen LogP contribution in [-0.4, -0.2) is 18.5 Å². The van der Waals surface area contributed by atoms with Crippen LogP contribution in [0.25, 0.3) is 0 Å². The third-order valence-corrected chi connectivity index (χ3v) is 2.64. The number of ether oxygens (including phenoxy) is 1. The van der Waals surface area contributed by atoms with Crippen LogP contribution in [0.1, 0.15) is 31.1 Å². The highest BCUT2D eigenvalue weighted by Gasteiger charge is 2.15. The Morgan fingerprint density at radius 3 is 2.53 bits per heavy atom. The van der Waals surface area contributed by atoms with E-state index >= 15 is 0 Å². The van der Waals surface area contributed by atoms with Crippen LogP contribution >= 0.6 is 0 Å². The van der Waals surface area contributed by atoms with Gasteiger partial charge in [0.15, 0.2) is 5.78 Å². The predicted molar refractivity (Wildman–Crippen MR) is 60.9 cm³/mol. The van der Waals surface area contributed by atoms with Gasteiger partial charge >= 0.3 is 0 Å². The predicted octanol–water partition coefficient (Wildman–Crippen LogP) is 3.21. The molecule has 2 nitrogen and oxygen atoms in total. The number of hydrogen-bond acceptors (Lipinski definition) is 2. The number of benzene rings is 1. The van der Waals surface area contributed by atoms with Crippen LogP contribution < -0.4 is 0 Å². The summed E-state index contributed by atoms with van der Waals surface area (Å²) in [7, 11) is 0. The monoisotopic (exact) mass is 242 g/mol. The lowest BCUT2D eigenvalue weighted by molar-refractivity contribution is 0.0334. The summed E-state index contributed by atoms with van der Waals surface area (Å²) in [6, 6.07) is 2.80. The maximum Gasteiger partial charge on any atom is 0.191 e. The van der Waals surface area contributed by atoms with Crippen LogP contribution in [0.4, 0.5) is 8.78 Å². The van der Waals surface area contributed by atoms with Crippen molar-refractivity contribution in [3.05, 3.63) is 35.4 Å². The van der Waals surface area contributed by atoms with Crippen molar-refractivity contribution in [3.8, 4) is 0 Å². The molecule has 0 N–H and O–H groups in total. The molecule has 0 radical (unpaired) electrons. The lowest BCUT2D eigenvalue weighted by atomic mass is 10.1. The first-order valence-electron chi connectivity index (χ1n) is 5.51. The zero-order valence-electron chi connectivity index (χ0n) is 10.2. The first kappa shape index (κ1) is 13.8. The molecule has 1 aromatic carbocycles. The van der Waals surface area contributed by atoms with Crippen molar-refractivity contribution in [3.63, 3.8) is 0 Å². The van der Waals surface area contributed by atoms with Crippen LogP contribution in [0.2, 0.25) is 0 Å². The van der Waals surface area contributed by atoms with Gasteiger partial charge in [-0.25, -0.2) is 8.78 Å². The number of hydrogen-bond donors (Lipinski definition) is 0. The fourth-order valence-corrected chi connectivity index (χ4v) is 1.19. The molecule has 1 aromatic rings. The molecule has 1 unspecified atom stereocenters. The van der Waals surface area contributed by atoms with E-state index in [1.54, 1.807) is 0 Å². The molecular formula is C13H16F2O2. The Morgan fingerprint density at radius 2 is 1.94 bits per heavy atom. The van der Waals surface area contributed by atoms with E-state index in [0.717, 1.165) is 18.2 Å². The number of carbonyl (C=O) groups excluding carboxylic acids is 1. The second kappa shape index (κ2) is 5.87. The van der Waals surface area contributed by atoms with Gasteiger partial charge in [0.25, 0.3) is 0 Å². The van der Waals surface area contributed by atoms with Gasteiger partial charge in [-0.2, -0.15) is 0 Å². The second-order valence-corrected chi connectivity index (χ2v) is 4.31. The smallest absolute Gasteiger partial charge is 0.191 e. The van der Waals surface area contributed by atoms with Crippen LogP contribution in [0.3, 0.4) is 0 Å². The average molecular weight is 242 g/mol. The molecular weight excluding hydrogens is 226 g/mol. The van der Waals surface area contributed by atoms with Gasteiger partial charge in [0, 0.05) is 0 Å². The highest BCUT2D eigenvalue weighted by molar-refractivity contribution is 5.97. The Hall–Kier alpha value is -1.29. The van der Waals surface area contributed by atoms with Crippen molar-refractivity contribution in [1.29, 1.82) is 0 Å². The number of ketones is 1. The number of halogens is 2. The maximum atomic E-state index is 13.3. The van der Waals surface area contributed by atoms with Gasteiger partial charge < -0.3 is 4.74 Å². The van der Waals surface area contributed by atoms with Gasteiger partial charge in [-0.05, 0) is 31.0 Å². The summed E-state index contributed by atoms with van der Waals surface area (Å²) in [6.45, 7) is 5.51. The van der Waals surface area contributed by atoms with E-state index < -0.39 is 17.4 Å². The van der Waals surface area contributed by atoms with Crippen molar-refractivity contribution in [2.45, 2.75) is 26.9 Å². The third kappa shape index (κ3) is 3.89. The molecule has 0 bridgehead atoms. The van der Waals surface area contributed by atoms with E-state index in [4.69, 9.17) is 4.74 Å². The van der Waals surface area contributed by atoms with Gasteiger partial charge in [0.2, 0.25) is 0 Å². The largest absolute Gasteiger partial charge is 0.370 e. The van der Waals surface area contributed by atoms with Crippen molar-refractivity contribution in [2.75, 3.05) is 6.61 Å². The molecule has 0 aromatic heterocycles. The summed E-state index contributed by atoms with van der Waals surface area (Å²) in [6.07, 6.45) is -0.101. The lowest BCUT2D eigenvalue weighted by Gasteiger charge is -2.15. The molecule has 0 amide bonds. The summed E-state index contributed by atoms with van der Waals surface area (Å²) >= 11 is 0. The average Bonchev–Trinajstić information content (AvgIpc) is 2.28. The summed E-state index contributed by atoms with van der Waals surface area (Å²) in [5, 5.41) is 0. The molecule has 0 aliphatic rings. The molecule has 94 valence electrons. The molecule has 0 aliphatic carbocycles. The van der Waals surface area contributed by atoms with Gasteiger partial charge in [0.1, 0.15) is 18.2 Å². The number of rotatable bonds is 5. The van der Waals surface area contributed by atoms with Crippen molar-refractivity contribution < 1.29 is 18.3 Å². The molecule has 0 aliphatic heterocycles. The number of Topliss-reactive ketones (excluding diaryl/α,β-unsaturated/α-hetero) is 1. The third-order valence-electron chi connectivity index (χ3n) is 2.64. The fraction of sp³-hybridized carbons (Fsp3) is 0.462. The normalized spacial score (nSPS) is 12.8. The minimum Gasteiger partial charge on any atom is -0.370 e.